The highest BCUT2D eigenvalue weighted by Crippen LogP contribution is 2.18. The van der Waals surface area contributed by atoms with Gasteiger partial charge in [0, 0.05) is 18.7 Å². The number of carboxylic acids is 1. The summed E-state index contributed by atoms with van der Waals surface area (Å²) in [6.07, 6.45) is 3.20. The molecular formula is C12H16N2O4. The number of rotatable bonds is 4. The van der Waals surface area contributed by atoms with E-state index >= 15 is 0 Å². The molecule has 1 amide bonds. The molecule has 0 aliphatic carbocycles. The van der Waals surface area contributed by atoms with Gasteiger partial charge < -0.3 is 20.1 Å². The molecule has 0 spiro atoms. The Morgan fingerprint density at radius 2 is 2.39 bits per heavy atom. The largest absolute Gasteiger partial charge is 0.480 e. The van der Waals surface area contributed by atoms with Gasteiger partial charge in [-0.15, -0.1) is 0 Å². The third kappa shape index (κ3) is 2.89. The van der Waals surface area contributed by atoms with Crippen molar-refractivity contribution in [3.63, 3.8) is 0 Å². The first-order chi connectivity index (χ1) is 8.68. The fourth-order valence-electron chi connectivity index (χ4n) is 2.10. The summed E-state index contributed by atoms with van der Waals surface area (Å²) in [5.41, 5.74) is 0.359. The predicted molar refractivity (Wildman–Crippen MR) is 63.2 cm³/mol. The summed E-state index contributed by atoms with van der Waals surface area (Å²) in [5, 5.41) is 11.7. The summed E-state index contributed by atoms with van der Waals surface area (Å²) in [7, 11) is 0. The number of carbonyl (C=O) groups excluding carboxylic acids is 1. The van der Waals surface area contributed by atoms with Gasteiger partial charge in [-0.1, -0.05) is 0 Å². The smallest absolute Gasteiger partial charge is 0.326 e. The molecule has 0 radical (unpaired) electrons. The minimum absolute atomic E-state index is 0.171. The van der Waals surface area contributed by atoms with E-state index < -0.39 is 17.9 Å². The molecule has 98 valence electrons. The van der Waals surface area contributed by atoms with Gasteiger partial charge >= 0.3 is 5.97 Å². The first-order valence-electron chi connectivity index (χ1n) is 5.93. The van der Waals surface area contributed by atoms with Crippen LogP contribution in [0, 0.1) is 5.92 Å². The van der Waals surface area contributed by atoms with Crippen molar-refractivity contribution in [1.82, 2.24) is 10.3 Å². The topological polar surface area (TPSA) is 91.4 Å². The number of aromatic amines is 1. The third-order valence-corrected chi connectivity index (χ3v) is 3.06. The Hall–Kier alpha value is -1.82. The molecule has 1 aromatic heterocycles. The number of hydrogen-bond acceptors (Lipinski definition) is 3. The average molecular weight is 252 g/mol. The molecule has 1 aliphatic heterocycles. The van der Waals surface area contributed by atoms with Crippen LogP contribution in [0.2, 0.25) is 0 Å². The number of H-pyrrole nitrogens is 1. The van der Waals surface area contributed by atoms with Gasteiger partial charge in [-0.3, -0.25) is 4.79 Å². The van der Waals surface area contributed by atoms with Crippen LogP contribution in [0.1, 0.15) is 23.3 Å². The molecule has 18 heavy (non-hydrogen) atoms. The van der Waals surface area contributed by atoms with E-state index in [-0.39, 0.29) is 5.92 Å². The Labute approximate surface area is 104 Å². The zero-order valence-electron chi connectivity index (χ0n) is 9.89. The molecule has 1 aliphatic rings. The Bertz CT molecular complexity index is 410. The Kier molecular flexibility index (Phi) is 3.99. The van der Waals surface area contributed by atoms with Crippen LogP contribution in [0.4, 0.5) is 0 Å². The van der Waals surface area contributed by atoms with Gasteiger partial charge in [-0.25, -0.2) is 4.79 Å². The van der Waals surface area contributed by atoms with Gasteiger partial charge in [0.25, 0.3) is 5.91 Å². The van der Waals surface area contributed by atoms with Crippen LogP contribution in [-0.2, 0) is 9.53 Å². The monoisotopic (exact) mass is 252 g/mol. The molecule has 1 saturated heterocycles. The minimum atomic E-state index is -1.02. The van der Waals surface area contributed by atoms with Crippen molar-refractivity contribution in [2.75, 3.05) is 13.2 Å². The number of aromatic nitrogens is 1. The molecule has 1 fully saturated rings. The normalized spacial score (nSPS) is 21.2. The third-order valence-electron chi connectivity index (χ3n) is 3.06. The van der Waals surface area contributed by atoms with E-state index in [2.05, 4.69) is 10.3 Å². The van der Waals surface area contributed by atoms with Crippen molar-refractivity contribution in [2.24, 2.45) is 5.92 Å². The highest BCUT2D eigenvalue weighted by atomic mass is 16.5. The maximum Gasteiger partial charge on any atom is 0.326 e. The van der Waals surface area contributed by atoms with E-state index in [1.807, 2.05) is 0 Å². The standard InChI is InChI=1S/C12H16N2O4/c15-11(9-4-1-5-13-9)14-10(12(16)17)8-3-2-6-18-7-8/h1,4-5,8,10,13H,2-3,6-7H2,(H,14,15)(H,16,17). The summed E-state index contributed by atoms with van der Waals surface area (Å²) in [6.45, 7) is 1.04. The van der Waals surface area contributed by atoms with Crippen molar-refractivity contribution in [3.8, 4) is 0 Å². The number of carbonyl (C=O) groups is 2. The zero-order valence-corrected chi connectivity index (χ0v) is 9.89. The summed E-state index contributed by atoms with van der Waals surface area (Å²) >= 11 is 0. The van der Waals surface area contributed by atoms with Crippen molar-refractivity contribution >= 4 is 11.9 Å². The Morgan fingerprint density at radius 1 is 1.56 bits per heavy atom. The van der Waals surface area contributed by atoms with Crippen LogP contribution in [0.3, 0.4) is 0 Å². The molecule has 2 rings (SSSR count). The number of hydrogen-bond donors (Lipinski definition) is 3. The highest BCUT2D eigenvalue weighted by molar-refractivity contribution is 5.95. The van der Waals surface area contributed by atoms with Crippen LogP contribution in [0.15, 0.2) is 18.3 Å². The van der Waals surface area contributed by atoms with Gasteiger partial charge in [-0.05, 0) is 25.0 Å². The Balaban J connectivity index is 2.02. The molecular weight excluding hydrogens is 236 g/mol. The van der Waals surface area contributed by atoms with Crippen LogP contribution in [0.5, 0.6) is 0 Å². The van der Waals surface area contributed by atoms with Crippen molar-refractivity contribution in [3.05, 3.63) is 24.0 Å². The van der Waals surface area contributed by atoms with Crippen LogP contribution in [0.25, 0.3) is 0 Å². The highest BCUT2D eigenvalue weighted by Gasteiger charge is 2.31. The van der Waals surface area contributed by atoms with Crippen LogP contribution < -0.4 is 5.32 Å². The molecule has 0 aromatic carbocycles. The molecule has 6 heteroatoms. The number of ether oxygens (including phenoxy) is 1. The quantitative estimate of drug-likeness (QED) is 0.732. The molecule has 2 heterocycles. The summed E-state index contributed by atoms with van der Waals surface area (Å²) in [4.78, 5) is 25.8. The first-order valence-corrected chi connectivity index (χ1v) is 5.93. The molecule has 6 nitrogen and oxygen atoms in total. The van der Waals surface area contributed by atoms with Gasteiger partial charge in [-0.2, -0.15) is 0 Å². The maximum absolute atomic E-state index is 11.8. The number of carboxylic acid groups (broad SMARTS) is 1. The van der Waals surface area contributed by atoms with Gasteiger partial charge in [0.15, 0.2) is 0 Å². The van der Waals surface area contributed by atoms with E-state index in [4.69, 9.17) is 4.74 Å². The minimum Gasteiger partial charge on any atom is -0.480 e. The van der Waals surface area contributed by atoms with E-state index in [0.717, 1.165) is 12.8 Å². The second kappa shape index (κ2) is 5.68. The number of nitrogens with one attached hydrogen (secondary N) is 2. The van der Waals surface area contributed by atoms with E-state index in [1.165, 1.54) is 0 Å². The molecule has 3 N–H and O–H groups in total. The molecule has 0 saturated carbocycles. The van der Waals surface area contributed by atoms with Crippen molar-refractivity contribution in [2.45, 2.75) is 18.9 Å². The SMILES string of the molecule is O=C(NC(C(=O)O)C1CCCOC1)c1ccc[nH]1. The first kappa shape index (κ1) is 12.6. The average Bonchev–Trinajstić information content (AvgIpc) is 2.90. The second-order valence-electron chi connectivity index (χ2n) is 4.35. The van der Waals surface area contributed by atoms with Crippen LogP contribution in [-0.4, -0.2) is 41.2 Å². The summed E-state index contributed by atoms with van der Waals surface area (Å²) < 4.78 is 5.26. The second-order valence-corrected chi connectivity index (χ2v) is 4.35. The lowest BCUT2D eigenvalue weighted by Crippen LogP contribution is -2.48. The van der Waals surface area contributed by atoms with Gasteiger partial charge in [0.1, 0.15) is 11.7 Å². The summed E-state index contributed by atoms with van der Waals surface area (Å²) in [5.74, 6) is -1.60. The molecule has 1 aromatic rings. The van der Waals surface area contributed by atoms with Gasteiger partial charge in [0.05, 0.1) is 6.61 Å². The molecule has 2 atom stereocenters. The lowest BCUT2D eigenvalue weighted by molar-refractivity contribution is -0.142. The summed E-state index contributed by atoms with van der Waals surface area (Å²) in [6, 6.07) is 2.39. The van der Waals surface area contributed by atoms with E-state index in [0.29, 0.717) is 18.9 Å². The molecule has 0 bridgehead atoms. The van der Waals surface area contributed by atoms with Crippen LogP contribution >= 0.6 is 0 Å². The van der Waals surface area contributed by atoms with Crippen molar-refractivity contribution < 1.29 is 19.4 Å². The number of aliphatic carboxylic acids is 1. The van der Waals surface area contributed by atoms with E-state index in [1.54, 1.807) is 18.3 Å². The van der Waals surface area contributed by atoms with E-state index in [9.17, 15) is 14.7 Å². The predicted octanol–water partition coefficient (Wildman–Crippen LogP) is 0.624. The fourth-order valence-corrected chi connectivity index (χ4v) is 2.10. The maximum atomic E-state index is 11.8. The number of amides is 1. The fraction of sp³-hybridized carbons (Fsp3) is 0.500. The lowest BCUT2D eigenvalue weighted by Gasteiger charge is -2.27. The zero-order chi connectivity index (χ0) is 13.0. The molecule has 2 unspecified atom stereocenters. The van der Waals surface area contributed by atoms with Gasteiger partial charge in [0.2, 0.25) is 0 Å². The van der Waals surface area contributed by atoms with Crippen molar-refractivity contribution in [1.29, 1.82) is 0 Å². The lowest BCUT2D eigenvalue weighted by atomic mass is 9.93. The Morgan fingerprint density at radius 3 is 2.94 bits per heavy atom.